The lowest BCUT2D eigenvalue weighted by molar-refractivity contribution is 0.0953. The second-order valence-electron chi connectivity index (χ2n) is 6.05. The minimum absolute atomic E-state index is 0.0691. The topological polar surface area (TPSA) is 84.5 Å². The zero-order valence-electron chi connectivity index (χ0n) is 15.7. The number of hydrogen-bond donors (Lipinski definition) is 2. The van der Waals surface area contributed by atoms with E-state index in [1.54, 1.807) is 12.1 Å². The van der Waals surface area contributed by atoms with Gasteiger partial charge in [-0.1, -0.05) is 31.2 Å². The van der Waals surface area contributed by atoms with E-state index in [0.717, 1.165) is 30.6 Å². The average Bonchev–Trinajstić information content (AvgIpc) is 2.70. The molecule has 0 radical (unpaired) electrons. The van der Waals surface area contributed by atoms with Crippen LogP contribution in [0.4, 0.5) is 0 Å². The molecular weight excluding hydrogens is 364 g/mol. The molecule has 0 unspecified atom stereocenters. The van der Waals surface area contributed by atoms with Gasteiger partial charge in [-0.15, -0.1) is 0 Å². The maximum Gasteiger partial charge on any atom is 0.251 e. The van der Waals surface area contributed by atoms with Crippen molar-refractivity contribution in [1.29, 1.82) is 0 Å². The summed E-state index contributed by atoms with van der Waals surface area (Å²) in [5.41, 5.74) is 1.43. The lowest BCUT2D eigenvalue weighted by Gasteiger charge is -2.11. The average molecular weight is 391 g/mol. The lowest BCUT2D eigenvalue weighted by atomic mass is 10.1. The molecule has 2 aromatic rings. The highest BCUT2D eigenvalue weighted by molar-refractivity contribution is 7.89. The minimum Gasteiger partial charge on any atom is -0.493 e. The summed E-state index contributed by atoms with van der Waals surface area (Å²) in [5, 5.41) is 2.83. The first kappa shape index (κ1) is 20.9. The van der Waals surface area contributed by atoms with Crippen molar-refractivity contribution < 1.29 is 17.9 Å². The van der Waals surface area contributed by atoms with Gasteiger partial charge in [-0.25, -0.2) is 13.1 Å². The number of benzene rings is 2. The molecule has 2 aromatic carbocycles. The van der Waals surface area contributed by atoms with Crippen molar-refractivity contribution in [1.82, 2.24) is 10.0 Å². The zero-order valence-corrected chi connectivity index (χ0v) is 16.5. The van der Waals surface area contributed by atoms with Crippen LogP contribution in [0, 0.1) is 0 Å². The second kappa shape index (κ2) is 10.1. The van der Waals surface area contributed by atoms with Crippen LogP contribution in [0.3, 0.4) is 0 Å². The van der Waals surface area contributed by atoms with Crippen molar-refractivity contribution in [2.24, 2.45) is 0 Å². The number of amides is 1. The molecule has 0 spiro atoms. The van der Waals surface area contributed by atoms with Crippen LogP contribution >= 0.6 is 0 Å². The molecule has 27 heavy (non-hydrogen) atoms. The van der Waals surface area contributed by atoms with E-state index in [1.807, 2.05) is 24.3 Å². The second-order valence-corrected chi connectivity index (χ2v) is 7.94. The largest absolute Gasteiger partial charge is 0.493 e. The summed E-state index contributed by atoms with van der Waals surface area (Å²) in [5.74, 6) is 0.592. The molecule has 7 heteroatoms. The number of nitrogens with one attached hydrogen (secondary N) is 2. The quantitative estimate of drug-likeness (QED) is 0.611. The molecule has 0 saturated carbocycles. The van der Waals surface area contributed by atoms with Gasteiger partial charge in [0.25, 0.3) is 5.91 Å². The van der Waals surface area contributed by atoms with Crippen LogP contribution in [0.15, 0.2) is 53.4 Å². The van der Waals surface area contributed by atoms with Crippen molar-refractivity contribution >= 4 is 15.9 Å². The lowest BCUT2D eigenvalue weighted by Crippen LogP contribution is -2.25. The highest BCUT2D eigenvalue weighted by Crippen LogP contribution is 2.19. The molecule has 0 aromatic heterocycles. The first-order valence-corrected chi connectivity index (χ1v) is 10.5. The molecule has 0 heterocycles. The third-order valence-corrected chi connectivity index (χ3v) is 5.43. The Kier molecular flexibility index (Phi) is 7.82. The first-order chi connectivity index (χ1) is 13.0. The van der Waals surface area contributed by atoms with Gasteiger partial charge in [-0.3, -0.25) is 4.79 Å². The van der Waals surface area contributed by atoms with E-state index in [1.165, 1.54) is 19.2 Å². The van der Waals surface area contributed by atoms with Gasteiger partial charge in [0.1, 0.15) is 5.75 Å². The summed E-state index contributed by atoms with van der Waals surface area (Å²) >= 11 is 0. The number of rotatable bonds is 10. The summed E-state index contributed by atoms with van der Waals surface area (Å²) in [6.07, 6.45) is 2.49. The van der Waals surface area contributed by atoms with Gasteiger partial charge in [0, 0.05) is 12.1 Å². The van der Waals surface area contributed by atoms with Gasteiger partial charge < -0.3 is 10.1 Å². The fourth-order valence-corrected chi connectivity index (χ4v) is 3.34. The van der Waals surface area contributed by atoms with Crippen LogP contribution in [0.25, 0.3) is 0 Å². The van der Waals surface area contributed by atoms with Gasteiger partial charge in [-0.2, -0.15) is 0 Å². The summed E-state index contributed by atoms with van der Waals surface area (Å²) in [6, 6.07) is 13.9. The van der Waals surface area contributed by atoms with E-state index in [9.17, 15) is 13.2 Å². The van der Waals surface area contributed by atoms with E-state index in [4.69, 9.17) is 4.74 Å². The molecule has 1 amide bonds. The molecule has 0 aliphatic rings. The molecule has 0 aliphatic carbocycles. The Balaban J connectivity index is 1.90. The Bertz CT molecular complexity index is 866. The summed E-state index contributed by atoms with van der Waals surface area (Å²) < 4.78 is 31.7. The standard InChI is InChI=1S/C20H26N2O4S/c1-3-14-26-19-12-5-4-8-16(19)10-7-13-22-20(23)17-9-6-11-18(15-17)27(24,25)21-2/h4-6,8-9,11-12,15,21H,3,7,10,13-14H2,1-2H3,(H,22,23). The third kappa shape index (κ3) is 6.08. The maximum atomic E-state index is 12.3. The molecule has 0 aliphatic heterocycles. The van der Waals surface area contributed by atoms with Crippen molar-refractivity contribution in [3.8, 4) is 5.75 Å². The Morgan fingerprint density at radius 3 is 2.63 bits per heavy atom. The van der Waals surface area contributed by atoms with Gasteiger partial charge in [0.15, 0.2) is 0 Å². The molecule has 6 nitrogen and oxygen atoms in total. The van der Waals surface area contributed by atoms with Gasteiger partial charge >= 0.3 is 0 Å². The molecule has 146 valence electrons. The van der Waals surface area contributed by atoms with E-state index < -0.39 is 10.0 Å². The van der Waals surface area contributed by atoms with Crippen LogP contribution in [0.2, 0.25) is 0 Å². The fraction of sp³-hybridized carbons (Fsp3) is 0.350. The Labute approximate surface area is 161 Å². The molecule has 2 rings (SSSR count). The van der Waals surface area contributed by atoms with Crippen molar-refractivity contribution in [2.45, 2.75) is 31.1 Å². The van der Waals surface area contributed by atoms with E-state index in [-0.39, 0.29) is 10.8 Å². The number of aryl methyl sites for hydroxylation is 1. The van der Waals surface area contributed by atoms with Gasteiger partial charge in [-0.05, 0) is 56.1 Å². The maximum absolute atomic E-state index is 12.3. The Hall–Kier alpha value is -2.38. The monoisotopic (exact) mass is 390 g/mol. The first-order valence-electron chi connectivity index (χ1n) is 9.00. The Morgan fingerprint density at radius 2 is 1.89 bits per heavy atom. The normalized spacial score (nSPS) is 11.2. The Morgan fingerprint density at radius 1 is 1.11 bits per heavy atom. The number of ether oxygens (including phenoxy) is 1. The predicted octanol–water partition coefficient (Wildman–Crippen LogP) is 2.75. The summed E-state index contributed by atoms with van der Waals surface area (Å²) in [6.45, 7) is 3.23. The summed E-state index contributed by atoms with van der Waals surface area (Å²) in [4.78, 5) is 12.3. The van der Waals surface area contributed by atoms with Gasteiger partial charge in [0.2, 0.25) is 10.0 Å². The summed E-state index contributed by atoms with van der Waals surface area (Å²) in [7, 11) is -2.23. The van der Waals surface area contributed by atoms with Crippen LogP contribution in [-0.2, 0) is 16.4 Å². The van der Waals surface area contributed by atoms with Gasteiger partial charge in [0.05, 0.1) is 11.5 Å². The molecule has 0 fully saturated rings. The third-order valence-electron chi connectivity index (χ3n) is 4.02. The van der Waals surface area contributed by atoms with E-state index in [0.29, 0.717) is 18.7 Å². The molecule has 0 saturated heterocycles. The molecule has 2 N–H and O–H groups in total. The number of para-hydroxylation sites is 1. The van der Waals surface area contributed by atoms with Crippen LogP contribution in [-0.4, -0.2) is 34.5 Å². The highest BCUT2D eigenvalue weighted by Gasteiger charge is 2.14. The SMILES string of the molecule is CCCOc1ccccc1CCCNC(=O)c1cccc(S(=O)(=O)NC)c1. The van der Waals surface area contributed by atoms with Crippen LogP contribution in [0.1, 0.15) is 35.7 Å². The van der Waals surface area contributed by atoms with E-state index in [2.05, 4.69) is 17.0 Å². The number of carbonyl (C=O) groups is 1. The fourth-order valence-electron chi connectivity index (χ4n) is 2.57. The van der Waals surface area contributed by atoms with Crippen molar-refractivity contribution in [3.05, 3.63) is 59.7 Å². The number of carbonyl (C=O) groups excluding carboxylic acids is 1. The smallest absolute Gasteiger partial charge is 0.251 e. The molecular formula is C20H26N2O4S. The highest BCUT2D eigenvalue weighted by atomic mass is 32.2. The van der Waals surface area contributed by atoms with Crippen molar-refractivity contribution in [2.75, 3.05) is 20.2 Å². The van der Waals surface area contributed by atoms with Crippen LogP contribution < -0.4 is 14.8 Å². The predicted molar refractivity (Wildman–Crippen MR) is 106 cm³/mol. The molecule has 0 atom stereocenters. The zero-order chi connectivity index (χ0) is 19.7. The van der Waals surface area contributed by atoms with E-state index >= 15 is 0 Å². The van der Waals surface area contributed by atoms with Crippen molar-refractivity contribution in [3.63, 3.8) is 0 Å². The van der Waals surface area contributed by atoms with Crippen LogP contribution in [0.5, 0.6) is 5.75 Å². The minimum atomic E-state index is -3.57. The number of hydrogen-bond acceptors (Lipinski definition) is 4. The number of sulfonamides is 1. The molecule has 0 bridgehead atoms.